The lowest BCUT2D eigenvalue weighted by Gasteiger charge is -2.30. The summed E-state index contributed by atoms with van der Waals surface area (Å²) in [5, 5.41) is 9.95. The summed E-state index contributed by atoms with van der Waals surface area (Å²) in [5.41, 5.74) is 2.75. The fourth-order valence-electron chi connectivity index (χ4n) is 3.83. The molecule has 0 aliphatic rings. The average Bonchev–Trinajstić information content (AvgIpc) is 2.76. The molecule has 0 spiro atoms. The predicted octanol–water partition coefficient (Wildman–Crippen LogP) is 5.79. The molecular weight excluding hydrogens is 386 g/mol. The molecule has 0 aliphatic heterocycles. The van der Waals surface area contributed by atoms with Crippen molar-refractivity contribution in [3.05, 3.63) is 83.9 Å². The number of nitrogens with zero attached hydrogens (tertiary/aromatic N) is 1. The van der Waals surface area contributed by atoms with Crippen molar-refractivity contribution in [2.24, 2.45) is 0 Å². The van der Waals surface area contributed by atoms with Gasteiger partial charge in [-0.3, -0.25) is 9.69 Å². The topological polar surface area (TPSA) is 49.8 Å². The fraction of sp³-hybridized carbons (Fsp3) is 0.296. The van der Waals surface area contributed by atoms with Crippen LogP contribution in [0.2, 0.25) is 0 Å². The maximum Gasteiger partial charge on any atom is 0.193 e. The minimum atomic E-state index is -0.0869. The summed E-state index contributed by atoms with van der Waals surface area (Å²) in [6.45, 7) is 10.2. The molecule has 0 radical (unpaired) electrons. The number of hydrogen-bond donors (Lipinski definition) is 1. The predicted molar refractivity (Wildman–Crippen MR) is 126 cm³/mol. The van der Waals surface area contributed by atoms with Crippen LogP contribution in [-0.4, -0.2) is 41.0 Å². The smallest absolute Gasteiger partial charge is 0.193 e. The largest absolute Gasteiger partial charge is 0.508 e. The molecule has 0 amide bonds. The van der Waals surface area contributed by atoms with Crippen LogP contribution in [0.25, 0.3) is 11.1 Å². The third kappa shape index (κ3) is 5.74. The average molecular weight is 418 g/mol. The van der Waals surface area contributed by atoms with Gasteiger partial charge >= 0.3 is 0 Å². The Kier molecular flexibility index (Phi) is 7.48. The number of phenolic OH excluding ortho intramolecular Hbond substituents is 1. The standard InChI is InChI=1S/C27H31NO3/c1-19(2)28(20(3)4)16-17-31-24-13-10-22(11-14-24)27(30)25-15-12-23(29)18-26(25)21-8-6-5-7-9-21/h5-15,18-20,29H,16-17H2,1-4H3. The molecule has 3 rings (SSSR count). The van der Waals surface area contributed by atoms with E-state index in [9.17, 15) is 9.90 Å². The lowest BCUT2D eigenvalue weighted by molar-refractivity contribution is 0.103. The van der Waals surface area contributed by atoms with Gasteiger partial charge in [0.25, 0.3) is 0 Å². The van der Waals surface area contributed by atoms with Gasteiger partial charge in [-0.2, -0.15) is 0 Å². The van der Waals surface area contributed by atoms with Crippen molar-refractivity contribution in [3.8, 4) is 22.6 Å². The second kappa shape index (κ2) is 10.3. The SMILES string of the molecule is CC(C)N(CCOc1ccc(C(=O)c2ccc(O)cc2-c2ccccc2)cc1)C(C)C. The highest BCUT2D eigenvalue weighted by Gasteiger charge is 2.16. The van der Waals surface area contributed by atoms with Crippen molar-refractivity contribution in [1.29, 1.82) is 0 Å². The molecule has 31 heavy (non-hydrogen) atoms. The van der Waals surface area contributed by atoms with Gasteiger partial charge in [-0.25, -0.2) is 0 Å². The summed E-state index contributed by atoms with van der Waals surface area (Å²) >= 11 is 0. The zero-order chi connectivity index (χ0) is 22.4. The van der Waals surface area contributed by atoms with Gasteiger partial charge in [0.15, 0.2) is 5.78 Å². The number of carbonyl (C=O) groups excluding carboxylic acids is 1. The van der Waals surface area contributed by atoms with Crippen molar-refractivity contribution < 1.29 is 14.6 Å². The van der Waals surface area contributed by atoms with Crippen molar-refractivity contribution >= 4 is 5.78 Å². The molecule has 0 unspecified atom stereocenters. The van der Waals surface area contributed by atoms with E-state index >= 15 is 0 Å². The van der Waals surface area contributed by atoms with Gasteiger partial charge in [0.2, 0.25) is 0 Å². The summed E-state index contributed by atoms with van der Waals surface area (Å²) in [7, 11) is 0. The van der Waals surface area contributed by atoms with E-state index in [1.54, 1.807) is 30.3 Å². The minimum Gasteiger partial charge on any atom is -0.508 e. The van der Waals surface area contributed by atoms with Crippen molar-refractivity contribution in [2.75, 3.05) is 13.2 Å². The van der Waals surface area contributed by atoms with E-state index in [1.165, 1.54) is 0 Å². The van der Waals surface area contributed by atoms with E-state index < -0.39 is 0 Å². The number of hydrogen-bond acceptors (Lipinski definition) is 4. The quantitative estimate of drug-likeness (QED) is 0.448. The maximum absolute atomic E-state index is 13.2. The number of rotatable bonds is 9. The van der Waals surface area contributed by atoms with Crippen LogP contribution in [0, 0.1) is 0 Å². The molecular formula is C27H31NO3. The van der Waals surface area contributed by atoms with Crippen LogP contribution in [0.3, 0.4) is 0 Å². The van der Waals surface area contributed by atoms with Gasteiger partial charge in [0.05, 0.1) is 0 Å². The molecule has 0 saturated heterocycles. The lowest BCUT2D eigenvalue weighted by atomic mass is 9.93. The van der Waals surface area contributed by atoms with E-state index in [-0.39, 0.29) is 11.5 Å². The van der Waals surface area contributed by atoms with Crippen LogP contribution >= 0.6 is 0 Å². The molecule has 3 aromatic rings. The summed E-state index contributed by atoms with van der Waals surface area (Å²) in [6.07, 6.45) is 0. The Morgan fingerprint density at radius 3 is 2.16 bits per heavy atom. The zero-order valence-corrected chi connectivity index (χ0v) is 18.7. The Morgan fingerprint density at radius 1 is 0.903 bits per heavy atom. The van der Waals surface area contributed by atoms with Gasteiger partial charge in [0, 0.05) is 29.8 Å². The summed E-state index contributed by atoms with van der Waals surface area (Å²) in [5.74, 6) is 0.796. The van der Waals surface area contributed by atoms with Crippen LogP contribution in [0.5, 0.6) is 11.5 Å². The number of ether oxygens (including phenoxy) is 1. The highest BCUT2D eigenvalue weighted by Crippen LogP contribution is 2.29. The number of aromatic hydroxyl groups is 1. The third-order valence-electron chi connectivity index (χ3n) is 5.39. The van der Waals surface area contributed by atoms with Crippen LogP contribution in [-0.2, 0) is 0 Å². The first-order valence-corrected chi connectivity index (χ1v) is 10.8. The highest BCUT2D eigenvalue weighted by atomic mass is 16.5. The van der Waals surface area contributed by atoms with Gasteiger partial charge < -0.3 is 9.84 Å². The Bertz CT molecular complexity index is 987. The first kappa shape index (κ1) is 22.6. The van der Waals surface area contributed by atoms with Gasteiger partial charge in [-0.05, 0) is 81.3 Å². The van der Waals surface area contributed by atoms with Gasteiger partial charge in [-0.15, -0.1) is 0 Å². The third-order valence-corrected chi connectivity index (χ3v) is 5.39. The molecule has 0 heterocycles. The zero-order valence-electron chi connectivity index (χ0n) is 18.7. The molecule has 1 N–H and O–H groups in total. The summed E-state index contributed by atoms with van der Waals surface area (Å²) < 4.78 is 5.90. The molecule has 3 aromatic carbocycles. The molecule has 0 atom stereocenters. The second-order valence-electron chi connectivity index (χ2n) is 8.22. The van der Waals surface area contributed by atoms with Gasteiger partial charge in [-0.1, -0.05) is 30.3 Å². The van der Waals surface area contributed by atoms with E-state index in [0.717, 1.165) is 17.9 Å². The molecule has 0 saturated carbocycles. The normalized spacial score (nSPS) is 11.3. The summed E-state index contributed by atoms with van der Waals surface area (Å²) in [4.78, 5) is 15.6. The van der Waals surface area contributed by atoms with Crippen LogP contribution < -0.4 is 4.74 Å². The maximum atomic E-state index is 13.2. The lowest BCUT2D eigenvalue weighted by Crippen LogP contribution is -2.39. The van der Waals surface area contributed by atoms with E-state index in [1.807, 2.05) is 42.5 Å². The number of phenols is 1. The number of ketones is 1. The first-order chi connectivity index (χ1) is 14.9. The number of carbonyl (C=O) groups is 1. The van der Waals surface area contributed by atoms with Crippen LogP contribution in [0.4, 0.5) is 0 Å². The summed E-state index contributed by atoms with van der Waals surface area (Å²) in [6, 6.07) is 22.7. The first-order valence-electron chi connectivity index (χ1n) is 10.8. The minimum absolute atomic E-state index is 0.0869. The Balaban J connectivity index is 1.73. The Hall–Kier alpha value is -3.11. The van der Waals surface area contributed by atoms with Crippen molar-refractivity contribution in [2.45, 2.75) is 39.8 Å². The molecule has 4 nitrogen and oxygen atoms in total. The molecule has 4 heteroatoms. The van der Waals surface area contributed by atoms with E-state index in [2.05, 4.69) is 32.6 Å². The second-order valence-corrected chi connectivity index (χ2v) is 8.22. The van der Waals surface area contributed by atoms with Crippen LogP contribution in [0.1, 0.15) is 43.6 Å². The highest BCUT2D eigenvalue weighted by molar-refractivity contribution is 6.13. The Labute approximate surface area is 185 Å². The molecule has 162 valence electrons. The molecule has 0 bridgehead atoms. The Morgan fingerprint density at radius 2 is 1.55 bits per heavy atom. The molecule has 0 aromatic heterocycles. The van der Waals surface area contributed by atoms with E-state index in [4.69, 9.17) is 4.74 Å². The van der Waals surface area contributed by atoms with Crippen LogP contribution in [0.15, 0.2) is 72.8 Å². The van der Waals surface area contributed by atoms with E-state index in [0.29, 0.717) is 35.4 Å². The monoisotopic (exact) mass is 417 g/mol. The number of benzene rings is 3. The van der Waals surface area contributed by atoms with Gasteiger partial charge in [0.1, 0.15) is 18.1 Å². The van der Waals surface area contributed by atoms with Crippen molar-refractivity contribution in [1.82, 2.24) is 4.90 Å². The fourth-order valence-corrected chi connectivity index (χ4v) is 3.83. The van der Waals surface area contributed by atoms with Crippen molar-refractivity contribution in [3.63, 3.8) is 0 Å². The molecule has 0 aliphatic carbocycles. The molecule has 0 fully saturated rings.